The van der Waals surface area contributed by atoms with E-state index in [1.165, 1.54) is 12.3 Å². The molecule has 1 fully saturated rings. The summed E-state index contributed by atoms with van der Waals surface area (Å²) in [5, 5.41) is 9.37. The van der Waals surface area contributed by atoms with Crippen LogP contribution in [0.2, 0.25) is 5.15 Å². The number of ether oxygens (including phenoxy) is 1. The number of halogens is 1. The zero-order valence-electron chi connectivity index (χ0n) is 6.33. The molecule has 0 bridgehead atoms. The van der Waals surface area contributed by atoms with Gasteiger partial charge in [-0.15, -0.1) is 0 Å². The second-order valence-corrected chi connectivity index (χ2v) is 3.16. The lowest BCUT2D eigenvalue weighted by atomic mass is 10.4. The van der Waals surface area contributed by atoms with Gasteiger partial charge in [0.15, 0.2) is 10.9 Å². The summed E-state index contributed by atoms with van der Waals surface area (Å²) >= 11 is 5.72. The highest BCUT2D eigenvalue weighted by atomic mass is 35.5. The normalized spacial score (nSPS) is 16.1. The summed E-state index contributed by atoms with van der Waals surface area (Å²) < 4.78 is 5.38. The fourth-order valence-corrected chi connectivity index (χ4v) is 1.01. The molecule has 1 heterocycles. The van der Waals surface area contributed by atoms with Crippen LogP contribution in [0.25, 0.3) is 0 Å². The standard InChI is InChI=1S/C8H8ClNO2/c9-8-7(12-6-1-2-6)3-5(11)4-10-8/h3-4,6,11H,1-2H2. The molecule has 1 aromatic heterocycles. The summed E-state index contributed by atoms with van der Waals surface area (Å²) in [5.41, 5.74) is 0. The van der Waals surface area contributed by atoms with Crippen LogP contribution in [-0.4, -0.2) is 16.2 Å². The van der Waals surface area contributed by atoms with Crippen LogP contribution < -0.4 is 4.74 Å². The van der Waals surface area contributed by atoms with E-state index in [0.717, 1.165) is 12.8 Å². The van der Waals surface area contributed by atoms with Crippen molar-refractivity contribution in [3.8, 4) is 11.5 Å². The number of hydrogen-bond donors (Lipinski definition) is 1. The van der Waals surface area contributed by atoms with Crippen molar-refractivity contribution in [1.29, 1.82) is 0 Å². The predicted molar refractivity (Wildman–Crippen MR) is 44.6 cm³/mol. The van der Waals surface area contributed by atoms with Crippen LogP contribution in [0.1, 0.15) is 12.8 Å². The van der Waals surface area contributed by atoms with Gasteiger partial charge < -0.3 is 9.84 Å². The van der Waals surface area contributed by atoms with Crippen LogP contribution in [0.3, 0.4) is 0 Å². The fraction of sp³-hybridized carbons (Fsp3) is 0.375. The lowest BCUT2D eigenvalue weighted by Gasteiger charge is -2.05. The summed E-state index contributed by atoms with van der Waals surface area (Å²) in [4.78, 5) is 3.75. The summed E-state index contributed by atoms with van der Waals surface area (Å²) in [6.07, 6.45) is 3.69. The third kappa shape index (κ3) is 1.61. The molecule has 0 atom stereocenters. The number of rotatable bonds is 2. The molecule has 0 radical (unpaired) electrons. The van der Waals surface area contributed by atoms with Gasteiger partial charge in [-0.3, -0.25) is 0 Å². The molecule has 0 unspecified atom stereocenters. The van der Waals surface area contributed by atoms with Gasteiger partial charge in [-0.2, -0.15) is 0 Å². The largest absolute Gasteiger partial charge is 0.506 e. The Morgan fingerprint density at radius 3 is 3.00 bits per heavy atom. The summed E-state index contributed by atoms with van der Waals surface area (Å²) in [6.45, 7) is 0. The number of nitrogens with zero attached hydrogens (tertiary/aromatic N) is 1. The maximum Gasteiger partial charge on any atom is 0.171 e. The maximum atomic E-state index is 9.07. The van der Waals surface area contributed by atoms with E-state index < -0.39 is 0 Å². The SMILES string of the molecule is Oc1cnc(Cl)c(OC2CC2)c1. The van der Waals surface area contributed by atoms with Crippen LogP contribution in [0.5, 0.6) is 11.5 Å². The van der Waals surface area contributed by atoms with E-state index in [0.29, 0.717) is 10.9 Å². The Hall–Kier alpha value is -0.960. The van der Waals surface area contributed by atoms with Gasteiger partial charge >= 0.3 is 0 Å². The first-order valence-corrected chi connectivity index (χ1v) is 4.14. The molecule has 1 aliphatic rings. The van der Waals surface area contributed by atoms with Gasteiger partial charge in [-0.25, -0.2) is 4.98 Å². The molecule has 0 aromatic carbocycles. The van der Waals surface area contributed by atoms with E-state index in [9.17, 15) is 0 Å². The highest BCUT2D eigenvalue weighted by Crippen LogP contribution is 2.32. The first-order valence-electron chi connectivity index (χ1n) is 3.77. The first kappa shape index (κ1) is 7.68. The molecule has 0 aliphatic heterocycles. The number of hydrogen-bond acceptors (Lipinski definition) is 3. The van der Waals surface area contributed by atoms with Crippen molar-refractivity contribution >= 4 is 11.6 Å². The average Bonchev–Trinajstić information content (AvgIpc) is 2.81. The molecule has 1 N–H and O–H groups in total. The Bertz CT molecular complexity index is 299. The minimum atomic E-state index is 0.0788. The Morgan fingerprint density at radius 2 is 2.33 bits per heavy atom. The van der Waals surface area contributed by atoms with Crippen molar-refractivity contribution in [1.82, 2.24) is 4.98 Å². The van der Waals surface area contributed by atoms with Crippen molar-refractivity contribution < 1.29 is 9.84 Å². The zero-order valence-corrected chi connectivity index (χ0v) is 7.08. The molecule has 0 saturated heterocycles. The Morgan fingerprint density at radius 1 is 1.58 bits per heavy atom. The molecule has 12 heavy (non-hydrogen) atoms. The van der Waals surface area contributed by atoms with Gasteiger partial charge in [0.05, 0.1) is 12.3 Å². The van der Waals surface area contributed by atoms with Crippen molar-refractivity contribution in [3.05, 3.63) is 17.4 Å². The molecule has 1 aliphatic carbocycles. The third-order valence-electron chi connectivity index (χ3n) is 1.61. The highest BCUT2D eigenvalue weighted by Gasteiger charge is 2.24. The lowest BCUT2D eigenvalue weighted by Crippen LogP contribution is -1.96. The van der Waals surface area contributed by atoms with Crippen molar-refractivity contribution in [2.24, 2.45) is 0 Å². The molecule has 3 nitrogen and oxygen atoms in total. The minimum Gasteiger partial charge on any atom is -0.506 e. The molecule has 4 heteroatoms. The number of aromatic hydroxyl groups is 1. The van der Waals surface area contributed by atoms with Gasteiger partial charge in [0, 0.05) is 6.07 Å². The lowest BCUT2D eigenvalue weighted by molar-refractivity contribution is 0.300. The molecule has 1 aromatic rings. The Labute approximate surface area is 75.0 Å². The third-order valence-corrected chi connectivity index (χ3v) is 1.89. The van der Waals surface area contributed by atoms with Crippen LogP contribution in [0.4, 0.5) is 0 Å². The van der Waals surface area contributed by atoms with E-state index in [1.54, 1.807) is 0 Å². The average molecular weight is 186 g/mol. The van der Waals surface area contributed by atoms with Gasteiger partial charge in [0.2, 0.25) is 0 Å². The van der Waals surface area contributed by atoms with Gasteiger partial charge in [-0.1, -0.05) is 11.6 Å². The fourth-order valence-electron chi connectivity index (χ4n) is 0.866. The van der Waals surface area contributed by atoms with E-state index in [2.05, 4.69) is 4.98 Å². The number of aromatic nitrogens is 1. The maximum absolute atomic E-state index is 9.07. The van der Waals surface area contributed by atoms with Crippen LogP contribution >= 0.6 is 11.6 Å². The highest BCUT2D eigenvalue weighted by molar-refractivity contribution is 6.30. The molecular weight excluding hydrogens is 178 g/mol. The van der Waals surface area contributed by atoms with Gasteiger partial charge in [-0.05, 0) is 12.8 Å². The summed E-state index contributed by atoms with van der Waals surface area (Å²) in [7, 11) is 0. The topological polar surface area (TPSA) is 42.4 Å². The molecule has 0 amide bonds. The monoisotopic (exact) mass is 185 g/mol. The zero-order chi connectivity index (χ0) is 8.55. The minimum absolute atomic E-state index is 0.0788. The van der Waals surface area contributed by atoms with Crippen LogP contribution in [-0.2, 0) is 0 Å². The molecule has 1 saturated carbocycles. The van der Waals surface area contributed by atoms with Gasteiger partial charge in [0.25, 0.3) is 0 Å². The van der Waals surface area contributed by atoms with Crippen molar-refractivity contribution in [2.75, 3.05) is 0 Å². The van der Waals surface area contributed by atoms with Crippen LogP contribution in [0, 0.1) is 0 Å². The van der Waals surface area contributed by atoms with Gasteiger partial charge in [0.1, 0.15) is 5.75 Å². The second-order valence-electron chi connectivity index (χ2n) is 2.80. The smallest absolute Gasteiger partial charge is 0.171 e. The Balaban J connectivity index is 2.21. The quantitative estimate of drug-likeness (QED) is 0.717. The predicted octanol–water partition coefficient (Wildman–Crippen LogP) is 1.98. The van der Waals surface area contributed by atoms with E-state index in [4.69, 9.17) is 21.4 Å². The summed E-state index contributed by atoms with van der Waals surface area (Å²) in [6, 6.07) is 1.48. The Kier molecular flexibility index (Phi) is 1.81. The molecule has 0 spiro atoms. The second kappa shape index (κ2) is 2.83. The summed E-state index contributed by atoms with van der Waals surface area (Å²) in [5.74, 6) is 0.550. The molecule has 2 rings (SSSR count). The first-order chi connectivity index (χ1) is 5.75. The molecule has 64 valence electrons. The van der Waals surface area contributed by atoms with E-state index >= 15 is 0 Å². The molecular formula is C8H8ClNO2. The van der Waals surface area contributed by atoms with E-state index in [1.807, 2.05) is 0 Å². The van der Waals surface area contributed by atoms with Crippen molar-refractivity contribution in [3.63, 3.8) is 0 Å². The van der Waals surface area contributed by atoms with Crippen molar-refractivity contribution in [2.45, 2.75) is 18.9 Å². The number of pyridine rings is 1. The van der Waals surface area contributed by atoms with Crippen LogP contribution in [0.15, 0.2) is 12.3 Å². The van der Waals surface area contributed by atoms with E-state index in [-0.39, 0.29) is 11.9 Å².